The highest BCUT2D eigenvalue weighted by Crippen LogP contribution is 2.03. The van der Waals surface area contributed by atoms with Crippen LogP contribution in [-0.2, 0) is 0 Å². The Hall–Kier alpha value is -0.550. The Bertz CT molecular complexity index is 137. The van der Waals surface area contributed by atoms with Crippen molar-refractivity contribution in [2.45, 2.75) is 45.6 Å². The lowest BCUT2D eigenvalue weighted by molar-refractivity contribution is 0.255. The van der Waals surface area contributed by atoms with Gasteiger partial charge in [-0.1, -0.05) is 19.8 Å². The molecular formula is C10H20N2. The number of hydrogen-bond acceptors (Lipinski definition) is 2. The largest absolute Gasteiger partial charge is 0.303 e. The number of rotatable bonds is 6. The van der Waals surface area contributed by atoms with Crippen LogP contribution < -0.4 is 0 Å². The maximum atomic E-state index is 8.48. The zero-order valence-electron chi connectivity index (χ0n) is 8.51. The zero-order valence-corrected chi connectivity index (χ0v) is 8.51. The van der Waals surface area contributed by atoms with Crippen LogP contribution >= 0.6 is 0 Å². The summed E-state index contributed by atoms with van der Waals surface area (Å²) >= 11 is 0. The Labute approximate surface area is 76.2 Å². The van der Waals surface area contributed by atoms with Gasteiger partial charge in [0.25, 0.3) is 0 Å². The summed E-state index contributed by atoms with van der Waals surface area (Å²) in [6.07, 6.45) is 4.45. The highest BCUT2D eigenvalue weighted by Gasteiger charge is 2.06. The average molecular weight is 168 g/mol. The van der Waals surface area contributed by atoms with Crippen molar-refractivity contribution in [2.24, 2.45) is 0 Å². The third kappa shape index (κ3) is 5.15. The van der Waals surface area contributed by atoms with Crippen molar-refractivity contribution in [3.8, 4) is 6.07 Å². The molecule has 0 aromatic rings. The van der Waals surface area contributed by atoms with Gasteiger partial charge in [0.2, 0.25) is 0 Å². The fourth-order valence-electron chi connectivity index (χ4n) is 1.12. The highest BCUT2D eigenvalue weighted by molar-refractivity contribution is 4.78. The van der Waals surface area contributed by atoms with Crippen molar-refractivity contribution in [1.29, 1.82) is 5.26 Å². The van der Waals surface area contributed by atoms with Crippen LogP contribution in [0.1, 0.15) is 39.5 Å². The van der Waals surface area contributed by atoms with E-state index in [1.807, 2.05) is 0 Å². The Morgan fingerprint density at radius 2 is 2.08 bits per heavy atom. The number of nitriles is 1. The second kappa shape index (κ2) is 7.12. The Morgan fingerprint density at radius 1 is 1.42 bits per heavy atom. The lowest BCUT2D eigenvalue weighted by Gasteiger charge is -2.22. The van der Waals surface area contributed by atoms with Crippen molar-refractivity contribution in [3.63, 3.8) is 0 Å². The van der Waals surface area contributed by atoms with Gasteiger partial charge in [-0.2, -0.15) is 5.26 Å². The maximum Gasteiger partial charge on any atom is 0.0638 e. The molecule has 0 heterocycles. The molecule has 1 atom stereocenters. The molecule has 0 bridgehead atoms. The molecule has 2 heteroatoms. The first-order chi connectivity index (χ1) is 5.72. The van der Waals surface area contributed by atoms with E-state index < -0.39 is 0 Å². The van der Waals surface area contributed by atoms with Gasteiger partial charge in [0, 0.05) is 6.04 Å². The molecule has 0 saturated carbocycles. The van der Waals surface area contributed by atoms with Gasteiger partial charge in [0.05, 0.1) is 12.5 Å². The van der Waals surface area contributed by atoms with Gasteiger partial charge in [-0.15, -0.1) is 0 Å². The predicted octanol–water partition coefficient (Wildman–Crippen LogP) is 2.41. The standard InChI is InChI=1S/C10H20N2/c1-4-5-6-9-12(3)10(2)7-8-11/h10H,4-7,9H2,1-3H3. The molecule has 12 heavy (non-hydrogen) atoms. The second-order valence-corrected chi connectivity index (χ2v) is 3.40. The van der Waals surface area contributed by atoms with E-state index >= 15 is 0 Å². The lowest BCUT2D eigenvalue weighted by Crippen LogP contribution is -2.29. The van der Waals surface area contributed by atoms with E-state index in [1.165, 1.54) is 19.3 Å². The van der Waals surface area contributed by atoms with E-state index in [1.54, 1.807) is 0 Å². The molecule has 0 aromatic heterocycles. The second-order valence-electron chi connectivity index (χ2n) is 3.40. The molecule has 0 saturated heterocycles. The summed E-state index contributed by atoms with van der Waals surface area (Å²) in [7, 11) is 2.09. The molecule has 0 aliphatic heterocycles. The number of hydrogen-bond donors (Lipinski definition) is 0. The van der Waals surface area contributed by atoms with E-state index in [9.17, 15) is 0 Å². The summed E-state index contributed by atoms with van der Waals surface area (Å²) in [5.74, 6) is 0. The Morgan fingerprint density at radius 3 is 2.58 bits per heavy atom. The van der Waals surface area contributed by atoms with Gasteiger partial charge in [0.1, 0.15) is 0 Å². The van der Waals surface area contributed by atoms with Crippen LogP contribution in [-0.4, -0.2) is 24.5 Å². The van der Waals surface area contributed by atoms with E-state index in [0.717, 1.165) is 6.54 Å². The fraction of sp³-hybridized carbons (Fsp3) is 0.900. The molecule has 0 aliphatic rings. The van der Waals surface area contributed by atoms with Crippen molar-refractivity contribution in [3.05, 3.63) is 0 Å². The van der Waals surface area contributed by atoms with Crippen LogP contribution in [0.2, 0.25) is 0 Å². The van der Waals surface area contributed by atoms with Gasteiger partial charge in [-0.3, -0.25) is 0 Å². The third-order valence-electron chi connectivity index (χ3n) is 2.25. The van der Waals surface area contributed by atoms with Gasteiger partial charge in [-0.05, 0) is 26.9 Å². The Kier molecular flexibility index (Phi) is 6.79. The van der Waals surface area contributed by atoms with E-state index in [4.69, 9.17) is 5.26 Å². The summed E-state index contributed by atoms with van der Waals surface area (Å²) in [5.41, 5.74) is 0. The van der Waals surface area contributed by atoms with Gasteiger partial charge < -0.3 is 4.90 Å². The Balaban J connectivity index is 3.43. The number of nitrogens with zero attached hydrogens (tertiary/aromatic N) is 2. The van der Waals surface area contributed by atoms with Crippen LogP contribution in [0.15, 0.2) is 0 Å². The predicted molar refractivity (Wildman–Crippen MR) is 51.8 cm³/mol. The lowest BCUT2D eigenvalue weighted by atomic mass is 10.2. The summed E-state index contributed by atoms with van der Waals surface area (Å²) in [4.78, 5) is 2.26. The molecule has 0 aromatic carbocycles. The summed E-state index contributed by atoms with van der Waals surface area (Å²) in [6.45, 7) is 5.44. The molecule has 0 radical (unpaired) electrons. The average Bonchev–Trinajstić information content (AvgIpc) is 2.05. The first-order valence-corrected chi connectivity index (χ1v) is 4.79. The molecule has 2 nitrogen and oxygen atoms in total. The topological polar surface area (TPSA) is 27.0 Å². The number of unbranched alkanes of at least 4 members (excludes halogenated alkanes) is 2. The highest BCUT2D eigenvalue weighted by atomic mass is 15.1. The summed E-state index contributed by atoms with van der Waals surface area (Å²) < 4.78 is 0. The summed E-state index contributed by atoms with van der Waals surface area (Å²) in [6, 6.07) is 2.61. The normalized spacial score (nSPS) is 12.9. The van der Waals surface area contributed by atoms with Crippen LogP contribution in [0.5, 0.6) is 0 Å². The van der Waals surface area contributed by atoms with Crippen molar-refractivity contribution in [2.75, 3.05) is 13.6 Å². The fourth-order valence-corrected chi connectivity index (χ4v) is 1.12. The molecule has 0 spiro atoms. The van der Waals surface area contributed by atoms with Crippen LogP contribution in [0.25, 0.3) is 0 Å². The minimum atomic E-state index is 0.409. The van der Waals surface area contributed by atoms with E-state index in [-0.39, 0.29) is 0 Å². The summed E-state index contributed by atoms with van der Waals surface area (Å²) in [5, 5.41) is 8.48. The molecule has 0 fully saturated rings. The molecule has 0 rings (SSSR count). The van der Waals surface area contributed by atoms with Crippen molar-refractivity contribution < 1.29 is 0 Å². The monoisotopic (exact) mass is 168 g/mol. The molecule has 1 unspecified atom stereocenters. The minimum absolute atomic E-state index is 0.409. The van der Waals surface area contributed by atoms with Crippen LogP contribution in [0.4, 0.5) is 0 Å². The van der Waals surface area contributed by atoms with E-state index in [0.29, 0.717) is 12.5 Å². The van der Waals surface area contributed by atoms with Gasteiger partial charge in [-0.25, -0.2) is 0 Å². The molecular weight excluding hydrogens is 148 g/mol. The zero-order chi connectivity index (χ0) is 9.40. The van der Waals surface area contributed by atoms with Crippen molar-refractivity contribution >= 4 is 0 Å². The molecule has 0 N–H and O–H groups in total. The SMILES string of the molecule is CCCCCN(C)C(C)CC#N. The molecule has 0 amide bonds. The van der Waals surface area contributed by atoms with Crippen molar-refractivity contribution in [1.82, 2.24) is 4.90 Å². The van der Waals surface area contributed by atoms with Gasteiger partial charge in [0.15, 0.2) is 0 Å². The smallest absolute Gasteiger partial charge is 0.0638 e. The minimum Gasteiger partial charge on any atom is -0.303 e. The first-order valence-electron chi connectivity index (χ1n) is 4.79. The molecule has 0 aliphatic carbocycles. The van der Waals surface area contributed by atoms with E-state index in [2.05, 4.69) is 31.9 Å². The van der Waals surface area contributed by atoms with Gasteiger partial charge >= 0.3 is 0 Å². The molecule has 70 valence electrons. The maximum absolute atomic E-state index is 8.48. The van der Waals surface area contributed by atoms with Crippen LogP contribution in [0.3, 0.4) is 0 Å². The first kappa shape index (κ1) is 11.4. The third-order valence-corrected chi connectivity index (χ3v) is 2.25. The quantitative estimate of drug-likeness (QED) is 0.569. The van der Waals surface area contributed by atoms with Crippen LogP contribution in [0, 0.1) is 11.3 Å².